The van der Waals surface area contributed by atoms with E-state index >= 15 is 0 Å². The molecule has 1 amide bonds. The van der Waals surface area contributed by atoms with E-state index in [2.05, 4.69) is 5.32 Å². The van der Waals surface area contributed by atoms with Crippen LogP contribution in [0, 0.1) is 19.8 Å². The van der Waals surface area contributed by atoms with E-state index in [9.17, 15) is 14.7 Å². The van der Waals surface area contributed by atoms with Gasteiger partial charge in [0.25, 0.3) is 5.91 Å². The van der Waals surface area contributed by atoms with Gasteiger partial charge in [-0.2, -0.15) is 0 Å². The second kappa shape index (κ2) is 6.60. The lowest BCUT2D eigenvalue weighted by atomic mass is 9.73. The molecule has 0 aromatic heterocycles. The number of rotatable bonds is 4. The van der Waals surface area contributed by atoms with Crippen LogP contribution in [0.2, 0.25) is 0 Å². The largest absolute Gasteiger partial charge is 0.496 e. The summed E-state index contributed by atoms with van der Waals surface area (Å²) >= 11 is 0. The predicted octanol–water partition coefficient (Wildman–Crippen LogP) is 3.08. The van der Waals surface area contributed by atoms with Crippen molar-refractivity contribution >= 4 is 11.9 Å². The van der Waals surface area contributed by atoms with E-state index in [0.29, 0.717) is 18.4 Å². The van der Waals surface area contributed by atoms with Gasteiger partial charge < -0.3 is 15.2 Å². The first-order valence-corrected chi connectivity index (χ1v) is 7.99. The van der Waals surface area contributed by atoms with Crippen molar-refractivity contribution in [1.29, 1.82) is 0 Å². The Balaban J connectivity index is 2.25. The Morgan fingerprint density at radius 3 is 2.39 bits per heavy atom. The molecule has 1 fully saturated rings. The second-order valence-electron chi connectivity index (χ2n) is 6.65. The number of methoxy groups -OCH3 is 1. The van der Waals surface area contributed by atoms with Gasteiger partial charge in [-0.15, -0.1) is 0 Å². The molecule has 0 spiro atoms. The van der Waals surface area contributed by atoms with E-state index in [4.69, 9.17) is 4.74 Å². The third-order valence-electron chi connectivity index (χ3n) is 4.83. The minimum Gasteiger partial charge on any atom is -0.496 e. The molecule has 0 bridgehead atoms. The molecule has 1 aliphatic carbocycles. The molecule has 0 saturated heterocycles. The maximum Gasteiger partial charge on any atom is 0.308 e. The number of aliphatic carboxylic acids is 1. The van der Waals surface area contributed by atoms with Crippen LogP contribution in [-0.4, -0.2) is 29.6 Å². The molecule has 2 rings (SSSR count). The van der Waals surface area contributed by atoms with Gasteiger partial charge in [-0.25, -0.2) is 0 Å². The molecule has 2 atom stereocenters. The Bertz CT molecular complexity index is 602. The van der Waals surface area contributed by atoms with Crippen LogP contribution < -0.4 is 10.1 Å². The number of amides is 1. The third-order valence-corrected chi connectivity index (χ3v) is 4.83. The number of nitrogens with one attached hydrogen (secondary N) is 1. The smallest absolute Gasteiger partial charge is 0.308 e. The number of ether oxygens (including phenoxy) is 1. The second-order valence-corrected chi connectivity index (χ2v) is 6.65. The molecule has 0 aliphatic heterocycles. The van der Waals surface area contributed by atoms with Crippen molar-refractivity contribution in [1.82, 2.24) is 5.32 Å². The summed E-state index contributed by atoms with van der Waals surface area (Å²) in [4.78, 5) is 24.2. The van der Waals surface area contributed by atoms with Gasteiger partial charge in [0, 0.05) is 5.56 Å². The molecule has 5 nitrogen and oxygen atoms in total. The van der Waals surface area contributed by atoms with Crippen molar-refractivity contribution in [3.8, 4) is 5.75 Å². The molecule has 5 heteroatoms. The fourth-order valence-corrected chi connectivity index (χ4v) is 3.61. The van der Waals surface area contributed by atoms with E-state index in [-0.39, 0.29) is 5.91 Å². The van der Waals surface area contributed by atoms with Gasteiger partial charge >= 0.3 is 5.97 Å². The SMILES string of the molecule is COc1c(C)cc(C(=O)NC2(C)CCCCC2C(=O)O)cc1C. The van der Waals surface area contributed by atoms with Crippen LogP contribution in [0.15, 0.2) is 12.1 Å². The maximum absolute atomic E-state index is 12.6. The summed E-state index contributed by atoms with van der Waals surface area (Å²) in [5, 5.41) is 12.4. The molecule has 2 unspecified atom stereocenters. The zero-order valence-corrected chi connectivity index (χ0v) is 14.2. The van der Waals surface area contributed by atoms with Gasteiger partial charge in [0.05, 0.1) is 18.6 Å². The molecule has 1 aromatic carbocycles. The van der Waals surface area contributed by atoms with Crippen molar-refractivity contribution in [2.24, 2.45) is 5.92 Å². The summed E-state index contributed by atoms with van der Waals surface area (Å²) in [7, 11) is 1.61. The first-order valence-electron chi connectivity index (χ1n) is 7.99. The molecule has 0 radical (unpaired) electrons. The number of carboxylic acids is 1. The molecular formula is C18H25NO4. The molecule has 126 valence electrons. The summed E-state index contributed by atoms with van der Waals surface area (Å²) in [6, 6.07) is 3.56. The molecule has 1 aliphatic rings. The van der Waals surface area contributed by atoms with E-state index in [1.54, 1.807) is 19.2 Å². The average Bonchev–Trinajstić information content (AvgIpc) is 2.46. The number of carbonyl (C=O) groups is 2. The normalized spacial score (nSPS) is 24.1. The topological polar surface area (TPSA) is 75.6 Å². The fourth-order valence-electron chi connectivity index (χ4n) is 3.61. The number of aryl methyl sites for hydroxylation is 2. The van der Waals surface area contributed by atoms with Crippen LogP contribution in [0.25, 0.3) is 0 Å². The van der Waals surface area contributed by atoms with Crippen LogP contribution in [0.1, 0.15) is 54.1 Å². The highest BCUT2D eigenvalue weighted by Crippen LogP contribution is 2.34. The van der Waals surface area contributed by atoms with Crippen molar-refractivity contribution in [2.75, 3.05) is 7.11 Å². The van der Waals surface area contributed by atoms with Gasteiger partial charge in [-0.3, -0.25) is 9.59 Å². The van der Waals surface area contributed by atoms with Crippen LogP contribution in [0.3, 0.4) is 0 Å². The summed E-state index contributed by atoms with van der Waals surface area (Å²) in [6.07, 6.45) is 3.11. The number of carbonyl (C=O) groups excluding carboxylic acids is 1. The Morgan fingerprint density at radius 1 is 1.26 bits per heavy atom. The third kappa shape index (κ3) is 3.49. The lowest BCUT2D eigenvalue weighted by Gasteiger charge is -2.39. The van der Waals surface area contributed by atoms with Crippen molar-refractivity contribution in [3.05, 3.63) is 28.8 Å². The molecule has 1 aromatic rings. The van der Waals surface area contributed by atoms with Crippen LogP contribution >= 0.6 is 0 Å². The Hall–Kier alpha value is -2.04. The van der Waals surface area contributed by atoms with Crippen molar-refractivity contribution < 1.29 is 19.4 Å². The minimum atomic E-state index is -0.838. The predicted molar refractivity (Wildman–Crippen MR) is 87.9 cm³/mol. The maximum atomic E-state index is 12.6. The van der Waals surface area contributed by atoms with Gasteiger partial charge in [0.1, 0.15) is 5.75 Å². The zero-order valence-electron chi connectivity index (χ0n) is 14.2. The Labute approximate surface area is 137 Å². The average molecular weight is 319 g/mol. The lowest BCUT2D eigenvalue weighted by molar-refractivity contribution is -0.145. The van der Waals surface area contributed by atoms with Crippen LogP contribution in [-0.2, 0) is 4.79 Å². The van der Waals surface area contributed by atoms with E-state index < -0.39 is 17.4 Å². The van der Waals surface area contributed by atoms with Gasteiger partial charge in [-0.05, 0) is 56.9 Å². The minimum absolute atomic E-state index is 0.227. The van der Waals surface area contributed by atoms with E-state index in [1.165, 1.54) is 0 Å². The molecular weight excluding hydrogens is 294 g/mol. The quantitative estimate of drug-likeness (QED) is 0.894. The summed E-state index contributed by atoms with van der Waals surface area (Å²) in [6.45, 7) is 5.63. The summed E-state index contributed by atoms with van der Waals surface area (Å²) in [5.41, 5.74) is 1.61. The Kier molecular flexibility index (Phi) is 4.97. The van der Waals surface area contributed by atoms with Gasteiger partial charge in [-0.1, -0.05) is 12.8 Å². The molecule has 0 heterocycles. The van der Waals surface area contributed by atoms with Crippen LogP contribution in [0.5, 0.6) is 5.75 Å². The van der Waals surface area contributed by atoms with E-state index in [0.717, 1.165) is 29.7 Å². The molecule has 2 N–H and O–H groups in total. The van der Waals surface area contributed by atoms with Crippen molar-refractivity contribution in [2.45, 2.75) is 52.0 Å². The first-order chi connectivity index (χ1) is 10.8. The Morgan fingerprint density at radius 2 is 1.87 bits per heavy atom. The van der Waals surface area contributed by atoms with Crippen LogP contribution in [0.4, 0.5) is 0 Å². The molecule has 1 saturated carbocycles. The summed E-state index contributed by atoms with van der Waals surface area (Å²) < 4.78 is 5.32. The zero-order chi connectivity index (χ0) is 17.2. The fraction of sp³-hybridized carbons (Fsp3) is 0.556. The number of benzene rings is 1. The standard InChI is InChI=1S/C18H25NO4/c1-11-9-13(10-12(2)15(11)23-4)16(20)19-18(3)8-6-5-7-14(18)17(21)22/h9-10,14H,5-8H2,1-4H3,(H,19,20)(H,21,22). The first kappa shape index (κ1) is 17.3. The highest BCUT2D eigenvalue weighted by Gasteiger charge is 2.42. The highest BCUT2D eigenvalue weighted by molar-refractivity contribution is 5.95. The monoisotopic (exact) mass is 319 g/mol. The number of carboxylic acid groups (broad SMARTS) is 1. The lowest BCUT2D eigenvalue weighted by Crippen LogP contribution is -2.55. The van der Waals surface area contributed by atoms with Gasteiger partial charge in [0.2, 0.25) is 0 Å². The van der Waals surface area contributed by atoms with Crippen molar-refractivity contribution in [3.63, 3.8) is 0 Å². The number of hydrogen-bond donors (Lipinski definition) is 2. The summed E-state index contributed by atoms with van der Waals surface area (Å²) in [5.74, 6) is -0.835. The van der Waals surface area contributed by atoms with Gasteiger partial charge in [0.15, 0.2) is 0 Å². The highest BCUT2D eigenvalue weighted by atomic mass is 16.5. The van der Waals surface area contributed by atoms with E-state index in [1.807, 2.05) is 20.8 Å². The molecule has 23 heavy (non-hydrogen) atoms. The number of hydrogen-bond acceptors (Lipinski definition) is 3.